The Balaban J connectivity index is 0. The van der Waals surface area contributed by atoms with Gasteiger partial charge in [-0.25, -0.2) is 0 Å². The molecule has 0 heterocycles. The number of hydrogen-bond donors (Lipinski definition) is 0. The third kappa shape index (κ3) is 254. The average molecular weight is 76.2 g/mol. The van der Waals surface area contributed by atoms with Gasteiger partial charge >= 0.3 is 5.71 Å². The predicted octanol–water partition coefficient (Wildman–Crippen LogP) is 0.565. The molecule has 2 nitrogen and oxygen atoms in total. The molecule has 4 heavy (non-hydrogen) atoms. The molecule has 0 aromatic rings. The number of rotatable bonds is 0. The minimum atomic E-state index is 0. The summed E-state index contributed by atoms with van der Waals surface area (Å²) in [5.74, 6) is 0. The maximum Gasteiger partial charge on any atom is 1.00 e. The molecule has 0 rings (SSSR count). The Labute approximate surface area is 36.0 Å². The van der Waals surface area contributed by atoms with Crippen LogP contribution in [0.1, 0.15) is 23.4 Å². The summed E-state index contributed by atoms with van der Waals surface area (Å²) < 4.78 is 0. The van der Waals surface area contributed by atoms with Crippen LogP contribution in [0, 0.1) is 0 Å². The summed E-state index contributed by atoms with van der Waals surface area (Å²) in [6.07, 6.45) is 0. The fourth-order valence-electron chi connectivity index (χ4n) is 0. The lowest BCUT2D eigenvalue weighted by atomic mass is 12.0. The summed E-state index contributed by atoms with van der Waals surface area (Å²) in [5.41, 5.74) is 0. The fourth-order valence-corrected chi connectivity index (χ4v) is 0. The minimum Gasteiger partial charge on any atom is -0.412 e. The average Bonchev–Trinajstić information content (AvgIpc) is 0. The maximum absolute atomic E-state index is 0. The second-order valence-electron chi connectivity index (χ2n) is 0. The molecule has 0 aromatic heterocycles. The van der Waals surface area contributed by atoms with E-state index in [0.29, 0.717) is 0 Å². The lowest BCUT2D eigenvalue weighted by Gasteiger charge is -0.413. The zero-order valence-corrected chi connectivity index (χ0v) is 1.00. The molecule has 0 aliphatic carbocycles. The van der Waals surface area contributed by atoms with Crippen molar-refractivity contribution in [3.8, 4) is 0 Å². The van der Waals surface area contributed by atoms with Crippen molar-refractivity contribution in [3.05, 3.63) is 0 Å². The molecule has 0 fully saturated rings. The Kier molecular flexibility index (Phi) is 2200000. The van der Waals surface area contributed by atoms with Crippen molar-refractivity contribution in [1.29, 1.82) is 0 Å². The van der Waals surface area contributed by atoms with E-state index < -0.39 is 0 Å². The summed E-state index contributed by atoms with van der Waals surface area (Å²) in [5, 5.41) is 0. The molecule has 0 amide bonds. The first-order valence-corrected chi connectivity index (χ1v) is 0. The Morgan fingerprint density at radius 3 is 1.00 bits per heavy atom. The van der Waals surface area contributed by atoms with E-state index >= 15 is 0 Å². The highest BCUT2D eigenvalue weighted by Gasteiger charge is -0.0765. The van der Waals surface area contributed by atoms with E-state index in [-0.39, 0.29) is 34.4 Å². The third-order valence-corrected chi connectivity index (χ3v) is 0. The molecule has 36 valence electrons. The minimum absolute atomic E-state index is 0. The summed E-state index contributed by atoms with van der Waals surface area (Å²) >= 11 is 0. The van der Waals surface area contributed by atoms with Crippen LogP contribution >= 0.6 is 0 Å². The topological polar surface area (TPSA) is 63.0 Å². The van der Waals surface area contributed by atoms with Crippen LogP contribution in [0.2, 0.25) is 0 Å². The van der Waals surface area contributed by atoms with E-state index in [1.54, 1.807) is 0 Å². The van der Waals surface area contributed by atoms with Crippen LogP contribution in [-0.4, -0.2) is 11.0 Å². The van der Waals surface area contributed by atoms with Gasteiger partial charge in [-0.15, -0.1) is 0 Å². The second-order valence-corrected chi connectivity index (χ2v) is 0. The summed E-state index contributed by atoms with van der Waals surface area (Å²) in [6, 6.07) is 0. The van der Waals surface area contributed by atoms with Gasteiger partial charge in [-0.1, -0.05) is 14.9 Å². The lowest BCUT2D eigenvalue weighted by Crippen LogP contribution is -0.290. The van der Waals surface area contributed by atoms with Crippen LogP contribution in [0.5, 0.6) is 0 Å². The Hall–Kier alpha value is -0.0800. The van der Waals surface area contributed by atoms with E-state index in [0.717, 1.165) is 0 Å². The molecule has 4 N–H and O–H groups in total. The summed E-state index contributed by atoms with van der Waals surface area (Å²) in [6.45, 7) is 0. The molecule has 0 radical (unpaired) electrons. The smallest absolute Gasteiger partial charge is 0.412 e. The number of hydrogen-bond acceptors (Lipinski definition) is 0. The Morgan fingerprint density at radius 1 is 1.00 bits per heavy atom. The molecule has 0 atom stereocenters. The Bertz CT molecular complexity index is 13.7. The van der Waals surface area contributed by atoms with Gasteiger partial charge in [0.1, 0.15) is 0 Å². The lowest BCUT2D eigenvalue weighted by molar-refractivity contribution is 0.823. The molecule has 0 aliphatic rings. The van der Waals surface area contributed by atoms with Crippen LogP contribution in [-0.2, 0) is 0 Å². The molecular weight excluding hydrogens is 56.0 g/mol. The molecule has 0 saturated carbocycles. The van der Waals surface area contributed by atoms with Crippen molar-refractivity contribution in [2.45, 2.75) is 14.9 Å². The highest BCUT2D eigenvalue weighted by Crippen LogP contribution is 0.145. The first kappa shape index (κ1) is 5220. The van der Waals surface area contributed by atoms with Gasteiger partial charge < -0.3 is 11.0 Å². The molecule has 0 saturated heterocycles. The van der Waals surface area contributed by atoms with Crippen molar-refractivity contribution < 1.29 is 19.5 Å². The Morgan fingerprint density at radius 2 is 1.00 bits per heavy atom. The second kappa shape index (κ2) is 1680. The van der Waals surface area contributed by atoms with Crippen LogP contribution in [0.3, 0.4) is 0 Å². The molecule has 0 unspecified atom stereocenters. The predicted molar refractivity (Wildman–Crippen MR) is 29.4 cm³/mol. The van der Waals surface area contributed by atoms with Crippen LogP contribution in [0.15, 0.2) is 0 Å². The van der Waals surface area contributed by atoms with Crippen LogP contribution in [0.4, 0.5) is 0 Å². The van der Waals surface area contributed by atoms with Crippen molar-refractivity contribution in [3.63, 3.8) is 0 Å². The molecule has 2 heteroatoms. The van der Waals surface area contributed by atoms with E-state index in [4.69, 9.17) is 0 Å². The van der Waals surface area contributed by atoms with Crippen molar-refractivity contribution >= 4 is 0 Å². The van der Waals surface area contributed by atoms with E-state index in [2.05, 4.69) is 0 Å². The van der Waals surface area contributed by atoms with Crippen molar-refractivity contribution in [1.82, 2.24) is 0 Å². The molecule has 0 bridgehead atoms. The van der Waals surface area contributed by atoms with Gasteiger partial charge in [0.15, 0.2) is 0 Å². The zero-order valence-electron chi connectivity index (χ0n) is 5.00. The van der Waals surface area contributed by atoms with Gasteiger partial charge in [0, 0.05) is 2.85 Å². The standard InChI is InChI=1S/2CH4.2H2O.2H2/h2*1H4;2*1H2;2*1H/p+4. The summed E-state index contributed by atoms with van der Waals surface area (Å²) in [4.78, 5) is 0. The van der Waals surface area contributed by atoms with Gasteiger partial charge in [0.2, 0.25) is 0 Å². The molecule has 0 aliphatic heterocycles. The van der Waals surface area contributed by atoms with E-state index in [1.165, 1.54) is 0 Å². The van der Waals surface area contributed by atoms with E-state index in [1.807, 2.05) is 0 Å². The largest absolute Gasteiger partial charge is 1.00 e. The van der Waals surface area contributed by atoms with Gasteiger partial charge in [0.05, 0.1) is 0 Å². The van der Waals surface area contributed by atoms with Gasteiger partial charge in [-0.05, 0) is 0 Å². The molecule has 0 spiro atoms. The monoisotopic (exact) mass is 76.1 g/mol. The van der Waals surface area contributed by atoms with Crippen molar-refractivity contribution in [2.24, 2.45) is 0 Å². The quantitative estimate of drug-likeness (QED) is 0.405. The fraction of sp³-hybridized carbons (Fsp3) is 1.00. The molecule has 0 aromatic carbocycles. The van der Waals surface area contributed by atoms with E-state index in [9.17, 15) is 0 Å². The SMILES string of the molecule is C.C.O.O.[H+].[H+].[H+].[H+].[HH].[HH]. The first-order valence-electron chi connectivity index (χ1n) is 0. The van der Waals surface area contributed by atoms with Crippen molar-refractivity contribution in [2.75, 3.05) is 0 Å². The molecular formula is C2H20O2+4. The van der Waals surface area contributed by atoms with Gasteiger partial charge in [-0.2, -0.15) is 0 Å². The van der Waals surface area contributed by atoms with Crippen LogP contribution in [0.25, 0.3) is 0 Å². The normalized spacial score (nSPS) is 0. The van der Waals surface area contributed by atoms with Crippen LogP contribution < -0.4 is 0 Å². The van der Waals surface area contributed by atoms with Gasteiger partial charge in [0.25, 0.3) is 0 Å². The zero-order chi connectivity index (χ0) is 0. The first-order chi connectivity index (χ1) is 0. The summed E-state index contributed by atoms with van der Waals surface area (Å²) in [7, 11) is 0. The third-order valence-electron chi connectivity index (χ3n) is 0. The maximum atomic E-state index is 0. The van der Waals surface area contributed by atoms with Gasteiger partial charge in [-0.3, -0.25) is 0 Å². The highest BCUT2D eigenvalue weighted by molar-refractivity contribution is 2.50. The highest BCUT2D eigenvalue weighted by atomic mass is 16.0.